The number of carbonyl (C=O) groups excluding carboxylic acids is 1. The zero-order valence-corrected chi connectivity index (χ0v) is 19.7. The molecule has 0 atom stereocenters. The molecule has 0 saturated carbocycles. The van der Waals surface area contributed by atoms with Gasteiger partial charge in [0.15, 0.2) is 5.70 Å². The third kappa shape index (κ3) is 7.36. The van der Waals surface area contributed by atoms with Crippen LogP contribution in [0, 0.1) is 18.3 Å². The summed E-state index contributed by atoms with van der Waals surface area (Å²) in [7, 11) is 1.59. The number of esters is 1. The van der Waals surface area contributed by atoms with E-state index in [0.717, 1.165) is 16.7 Å². The van der Waals surface area contributed by atoms with Gasteiger partial charge in [-0.05, 0) is 85.1 Å². The highest BCUT2D eigenvalue weighted by Crippen LogP contribution is 2.22. The number of rotatable bonds is 8. The first kappa shape index (κ1) is 24.8. The lowest BCUT2D eigenvalue weighted by Crippen LogP contribution is -2.06. The predicted octanol–water partition coefficient (Wildman–Crippen LogP) is 6.04. The van der Waals surface area contributed by atoms with E-state index >= 15 is 0 Å². The number of nitriles is 1. The minimum Gasteiger partial charge on any atom is -0.497 e. The molecule has 0 N–H and O–H groups in total. The largest absolute Gasteiger partial charge is 0.497 e. The van der Waals surface area contributed by atoms with Gasteiger partial charge in [-0.25, -0.2) is 4.79 Å². The summed E-state index contributed by atoms with van der Waals surface area (Å²) in [5.41, 5.74) is 4.54. The number of benzene rings is 3. The van der Waals surface area contributed by atoms with Crippen molar-refractivity contribution in [3.05, 3.63) is 94.7 Å². The standard InChI is InChI=1S/C28H24N4O3/c1-4-35-28(33)27(32-19-31-24-11-13-26(34-3)14-12-24)16-23-15-25(10-5-20(23)2)30-18-22-8-6-21(17-29)7-9-22/h5-16,18H,4H2,1-3H3/b27-16-,30-18?. The second-order valence-corrected chi connectivity index (χ2v) is 7.30. The molecule has 0 aliphatic carbocycles. The van der Waals surface area contributed by atoms with E-state index in [1.807, 2.05) is 37.3 Å². The van der Waals surface area contributed by atoms with Crippen molar-refractivity contribution < 1.29 is 14.3 Å². The van der Waals surface area contributed by atoms with Gasteiger partial charge in [0.25, 0.3) is 0 Å². The molecule has 0 amide bonds. The van der Waals surface area contributed by atoms with Crippen LogP contribution in [-0.2, 0) is 9.53 Å². The van der Waals surface area contributed by atoms with Crippen molar-refractivity contribution in [2.24, 2.45) is 15.0 Å². The van der Waals surface area contributed by atoms with Crippen LogP contribution in [0.3, 0.4) is 0 Å². The molecule has 0 aromatic heterocycles. The molecule has 0 unspecified atom stereocenters. The highest BCUT2D eigenvalue weighted by Gasteiger charge is 2.10. The first-order valence-corrected chi connectivity index (χ1v) is 10.9. The summed E-state index contributed by atoms with van der Waals surface area (Å²) in [6.07, 6.45) is 3.34. The Hall–Kier alpha value is -4.79. The first-order valence-electron chi connectivity index (χ1n) is 10.9. The number of hydrogen-bond donors (Lipinski definition) is 0. The number of hydrogen-bond acceptors (Lipinski definition) is 7. The average Bonchev–Trinajstić information content (AvgIpc) is 2.89. The Bertz CT molecular complexity index is 1340. The van der Waals surface area contributed by atoms with Gasteiger partial charge in [0, 0.05) is 6.21 Å². The minimum atomic E-state index is -0.573. The Kier molecular flexibility index (Phi) is 8.84. The van der Waals surface area contributed by atoms with Crippen LogP contribution >= 0.6 is 0 Å². The summed E-state index contributed by atoms with van der Waals surface area (Å²) < 4.78 is 10.3. The molecule has 0 heterocycles. The van der Waals surface area contributed by atoms with Gasteiger partial charge < -0.3 is 9.47 Å². The summed E-state index contributed by atoms with van der Waals surface area (Å²) in [5.74, 6) is 0.140. The van der Waals surface area contributed by atoms with Crippen LogP contribution in [-0.4, -0.2) is 31.9 Å². The van der Waals surface area contributed by atoms with E-state index < -0.39 is 5.97 Å². The lowest BCUT2D eigenvalue weighted by Gasteiger charge is -2.05. The lowest BCUT2D eigenvalue weighted by atomic mass is 10.1. The number of aryl methyl sites for hydroxylation is 1. The van der Waals surface area contributed by atoms with Crippen molar-refractivity contribution >= 4 is 35.6 Å². The molecular weight excluding hydrogens is 440 g/mol. The number of aliphatic imine (C=N–C) groups is 3. The highest BCUT2D eigenvalue weighted by molar-refractivity contribution is 5.95. The van der Waals surface area contributed by atoms with Crippen LogP contribution in [0.4, 0.5) is 11.4 Å². The van der Waals surface area contributed by atoms with Crippen LogP contribution in [0.5, 0.6) is 5.75 Å². The topological polar surface area (TPSA) is 96.4 Å². The van der Waals surface area contributed by atoms with Crippen molar-refractivity contribution in [1.82, 2.24) is 0 Å². The number of nitrogens with zero attached hydrogens (tertiary/aromatic N) is 4. The molecule has 174 valence electrons. The Morgan fingerprint density at radius 3 is 2.40 bits per heavy atom. The van der Waals surface area contributed by atoms with E-state index in [9.17, 15) is 4.79 Å². The molecule has 0 spiro atoms. The Labute approximate surface area is 204 Å². The van der Waals surface area contributed by atoms with Gasteiger partial charge in [0.2, 0.25) is 0 Å². The predicted molar refractivity (Wildman–Crippen MR) is 137 cm³/mol. The summed E-state index contributed by atoms with van der Waals surface area (Å²) in [6, 6.07) is 24.5. The maximum absolute atomic E-state index is 12.5. The van der Waals surface area contributed by atoms with Crippen molar-refractivity contribution in [1.29, 1.82) is 5.26 Å². The third-order valence-electron chi connectivity index (χ3n) is 4.86. The summed E-state index contributed by atoms with van der Waals surface area (Å²) in [4.78, 5) is 25.3. The van der Waals surface area contributed by atoms with Crippen LogP contribution in [0.25, 0.3) is 6.08 Å². The Balaban J connectivity index is 1.89. The molecule has 0 bridgehead atoms. The summed E-state index contributed by atoms with van der Waals surface area (Å²) in [5, 5.41) is 8.92. The van der Waals surface area contributed by atoms with Gasteiger partial charge in [-0.15, -0.1) is 0 Å². The second kappa shape index (κ2) is 12.4. The normalized spacial score (nSPS) is 10.9. The fraction of sp³-hybridized carbons (Fsp3) is 0.143. The van der Waals surface area contributed by atoms with Crippen LogP contribution in [0.1, 0.15) is 29.2 Å². The van der Waals surface area contributed by atoms with Gasteiger partial charge in [-0.2, -0.15) is 15.2 Å². The minimum absolute atomic E-state index is 0.0698. The van der Waals surface area contributed by atoms with Gasteiger partial charge in [-0.1, -0.05) is 18.2 Å². The molecule has 7 heteroatoms. The van der Waals surface area contributed by atoms with Crippen LogP contribution < -0.4 is 4.74 Å². The molecule has 0 aliphatic heterocycles. The zero-order chi connectivity index (χ0) is 25.0. The van der Waals surface area contributed by atoms with Gasteiger partial charge in [0.1, 0.15) is 11.8 Å². The van der Waals surface area contributed by atoms with E-state index in [4.69, 9.17) is 14.7 Å². The maximum Gasteiger partial charge on any atom is 0.357 e. The second-order valence-electron chi connectivity index (χ2n) is 7.30. The molecule has 3 rings (SSSR count). The first-order chi connectivity index (χ1) is 17.0. The van der Waals surface area contributed by atoms with Crippen LogP contribution in [0.15, 0.2) is 87.4 Å². The zero-order valence-electron chi connectivity index (χ0n) is 19.7. The molecular formula is C28H24N4O3. The quantitative estimate of drug-likeness (QED) is 0.231. The van der Waals surface area contributed by atoms with Crippen molar-refractivity contribution in [3.63, 3.8) is 0 Å². The van der Waals surface area contributed by atoms with E-state index in [-0.39, 0.29) is 12.3 Å². The van der Waals surface area contributed by atoms with Gasteiger partial charge in [0.05, 0.1) is 36.7 Å². The van der Waals surface area contributed by atoms with E-state index in [1.165, 1.54) is 0 Å². The Morgan fingerprint density at radius 2 is 1.74 bits per heavy atom. The smallest absolute Gasteiger partial charge is 0.357 e. The molecule has 0 saturated heterocycles. The van der Waals surface area contributed by atoms with E-state index in [2.05, 4.69) is 27.1 Å². The maximum atomic E-state index is 12.5. The number of ether oxygens (including phenoxy) is 2. The van der Waals surface area contributed by atoms with E-state index in [0.29, 0.717) is 22.7 Å². The van der Waals surface area contributed by atoms with Gasteiger partial charge >= 0.3 is 5.97 Å². The van der Waals surface area contributed by atoms with Crippen LogP contribution in [0.2, 0.25) is 0 Å². The molecule has 7 nitrogen and oxygen atoms in total. The van der Waals surface area contributed by atoms with Gasteiger partial charge in [-0.3, -0.25) is 4.99 Å². The van der Waals surface area contributed by atoms with Crippen molar-refractivity contribution in [2.75, 3.05) is 13.7 Å². The lowest BCUT2D eigenvalue weighted by molar-refractivity contribution is -0.138. The SMILES string of the molecule is CCOC(=O)/C(=C/c1cc(N=Cc2ccc(C#N)cc2)ccc1C)N=C=Nc1ccc(OC)cc1. The molecule has 0 radical (unpaired) electrons. The third-order valence-corrected chi connectivity index (χ3v) is 4.86. The highest BCUT2D eigenvalue weighted by atomic mass is 16.5. The molecule has 0 aliphatic rings. The van der Waals surface area contributed by atoms with Crippen molar-refractivity contribution in [2.45, 2.75) is 13.8 Å². The summed E-state index contributed by atoms with van der Waals surface area (Å²) in [6.45, 7) is 3.88. The monoisotopic (exact) mass is 464 g/mol. The fourth-order valence-corrected chi connectivity index (χ4v) is 2.94. The van der Waals surface area contributed by atoms with Crippen molar-refractivity contribution in [3.8, 4) is 11.8 Å². The number of methoxy groups -OCH3 is 1. The molecule has 35 heavy (non-hydrogen) atoms. The average molecular weight is 465 g/mol. The summed E-state index contributed by atoms with van der Waals surface area (Å²) >= 11 is 0. The molecule has 3 aromatic rings. The molecule has 3 aromatic carbocycles. The number of carbonyl (C=O) groups is 1. The fourth-order valence-electron chi connectivity index (χ4n) is 2.94. The molecule has 0 fully saturated rings. The Morgan fingerprint density at radius 1 is 1.03 bits per heavy atom. The van der Waals surface area contributed by atoms with E-state index in [1.54, 1.807) is 62.7 Å².